The number of hydrogen-bond acceptors (Lipinski definition) is 5. The van der Waals surface area contributed by atoms with Crippen LogP contribution < -0.4 is 9.64 Å². The Hall–Kier alpha value is -2.63. The third kappa shape index (κ3) is 5.29. The number of carboxylic acids is 1. The van der Waals surface area contributed by atoms with Crippen LogP contribution in [-0.2, 0) is 11.2 Å². The fraction of sp³-hybridized carbons (Fsp3) is 0.542. The number of rotatable bonds is 7. The molecule has 2 aromatic rings. The van der Waals surface area contributed by atoms with Crippen molar-refractivity contribution in [2.75, 3.05) is 24.6 Å². The molecule has 0 spiro atoms. The normalized spacial score (nSPS) is 16.0. The predicted octanol–water partition coefficient (Wildman–Crippen LogP) is 4.74. The summed E-state index contributed by atoms with van der Waals surface area (Å²) < 4.78 is 5.71. The molecule has 3 heterocycles. The second-order valence-corrected chi connectivity index (χ2v) is 9.40. The summed E-state index contributed by atoms with van der Waals surface area (Å²) in [6.45, 7) is 13.1. The zero-order valence-electron chi connectivity index (χ0n) is 18.7. The minimum Gasteiger partial charge on any atom is -0.481 e. The lowest BCUT2D eigenvalue weighted by Gasteiger charge is -2.40. The monoisotopic (exact) mass is 411 g/mol. The number of carbonyl (C=O) groups is 1. The van der Waals surface area contributed by atoms with Gasteiger partial charge in [-0.2, -0.15) is 0 Å². The van der Waals surface area contributed by atoms with E-state index in [1.807, 2.05) is 25.3 Å². The van der Waals surface area contributed by atoms with Gasteiger partial charge in [0.25, 0.3) is 0 Å². The van der Waals surface area contributed by atoms with Crippen LogP contribution in [0.25, 0.3) is 11.1 Å². The predicted molar refractivity (Wildman–Crippen MR) is 119 cm³/mol. The van der Waals surface area contributed by atoms with Gasteiger partial charge < -0.3 is 14.7 Å². The molecule has 0 atom stereocenters. The quantitative estimate of drug-likeness (QED) is 0.709. The molecule has 30 heavy (non-hydrogen) atoms. The molecule has 0 unspecified atom stereocenters. The summed E-state index contributed by atoms with van der Waals surface area (Å²) in [7, 11) is 0. The summed E-state index contributed by atoms with van der Waals surface area (Å²) in [5.41, 5.74) is 4.71. The minimum atomic E-state index is -0.841. The number of anilines is 1. The lowest BCUT2D eigenvalue weighted by molar-refractivity contribution is -0.136. The number of aryl methyl sites for hydroxylation is 1. The molecular weight excluding hydrogens is 378 g/mol. The second-order valence-electron chi connectivity index (χ2n) is 9.40. The van der Waals surface area contributed by atoms with Crippen LogP contribution in [-0.4, -0.2) is 40.7 Å². The van der Waals surface area contributed by atoms with Gasteiger partial charge in [0, 0.05) is 53.9 Å². The van der Waals surface area contributed by atoms with Gasteiger partial charge in [0.2, 0.25) is 5.88 Å². The van der Waals surface area contributed by atoms with E-state index in [-0.39, 0.29) is 6.42 Å². The molecule has 0 bridgehead atoms. The van der Waals surface area contributed by atoms with Crippen LogP contribution in [0.1, 0.15) is 51.8 Å². The lowest BCUT2D eigenvalue weighted by Crippen LogP contribution is -2.38. The molecule has 6 nitrogen and oxygen atoms in total. The molecule has 3 rings (SSSR count). The van der Waals surface area contributed by atoms with Crippen molar-refractivity contribution >= 4 is 11.7 Å². The van der Waals surface area contributed by atoms with Gasteiger partial charge in [0.05, 0.1) is 18.7 Å². The molecule has 0 saturated carbocycles. The molecule has 1 aliphatic heterocycles. The molecule has 1 saturated heterocycles. The first-order valence-corrected chi connectivity index (χ1v) is 10.7. The van der Waals surface area contributed by atoms with Crippen molar-refractivity contribution in [2.24, 2.45) is 11.3 Å². The summed E-state index contributed by atoms with van der Waals surface area (Å²) in [4.78, 5) is 22.9. The smallest absolute Gasteiger partial charge is 0.307 e. The molecule has 1 aliphatic rings. The molecule has 162 valence electrons. The third-order valence-electron chi connectivity index (χ3n) is 5.74. The molecule has 1 N–H and O–H groups in total. The van der Waals surface area contributed by atoms with Gasteiger partial charge in [-0.1, -0.05) is 27.7 Å². The van der Waals surface area contributed by atoms with Crippen molar-refractivity contribution in [2.45, 2.75) is 53.9 Å². The maximum absolute atomic E-state index is 11.6. The van der Waals surface area contributed by atoms with Gasteiger partial charge in [0.1, 0.15) is 0 Å². The average Bonchev–Trinajstić information content (AvgIpc) is 2.68. The number of piperidine rings is 1. The van der Waals surface area contributed by atoms with E-state index in [1.165, 1.54) is 0 Å². The number of pyridine rings is 2. The maximum atomic E-state index is 11.6. The standard InChI is InChI=1S/C24H33N3O3/c1-16(2)15-30-21-7-6-18(13-26-21)20-14-25-17(3)19(12-22(28)29)23(20)27-10-8-24(4,5)9-11-27/h6-7,13-14,16H,8-12,15H2,1-5H3,(H,28,29). The first-order chi connectivity index (χ1) is 14.2. The first kappa shape index (κ1) is 22.1. The number of nitrogens with zero attached hydrogens (tertiary/aromatic N) is 3. The topological polar surface area (TPSA) is 75.6 Å². The van der Waals surface area contributed by atoms with Crippen molar-refractivity contribution in [3.63, 3.8) is 0 Å². The Morgan fingerprint density at radius 2 is 1.90 bits per heavy atom. The molecule has 2 aromatic heterocycles. The van der Waals surface area contributed by atoms with E-state index in [0.717, 1.165) is 54.0 Å². The van der Waals surface area contributed by atoms with Crippen LogP contribution in [0.5, 0.6) is 5.88 Å². The number of aromatic nitrogens is 2. The number of aliphatic carboxylic acids is 1. The number of hydrogen-bond donors (Lipinski definition) is 1. The highest BCUT2D eigenvalue weighted by Crippen LogP contribution is 2.39. The maximum Gasteiger partial charge on any atom is 0.307 e. The minimum absolute atomic E-state index is 0.0368. The number of carboxylic acid groups (broad SMARTS) is 1. The summed E-state index contributed by atoms with van der Waals surface area (Å²) >= 11 is 0. The summed E-state index contributed by atoms with van der Waals surface area (Å²) in [5.74, 6) is 0.187. The Morgan fingerprint density at radius 1 is 1.20 bits per heavy atom. The molecule has 0 amide bonds. The van der Waals surface area contributed by atoms with E-state index in [1.54, 1.807) is 6.20 Å². The Kier molecular flexibility index (Phi) is 6.64. The summed E-state index contributed by atoms with van der Waals surface area (Å²) in [6.07, 6.45) is 5.75. The lowest BCUT2D eigenvalue weighted by atomic mass is 9.82. The van der Waals surface area contributed by atoms with Gasteiger partial charge in [0.15, 0.2) is 0 Å². The molecule has 0 aliphatic carbocycles. The van der Waals surface area contributed by atoms with Crippen LogP contribution in [0.4, 0.5) is 5.69 Å². The van der Waals surface area contributed by atoms with Crippen molar-refractivity contribution in [1.82, 2.24) is 9.97 Å². The van der Waals surface area contributed by atoms with E-state index >= 15 is 0 Å². The summed E-state index contributed by atoms with van der Waals surface area (Å²) in [6, 6.07) is 3.86. The van der Waals surface area contributed by atoms with Gasteiger partial charge in [-0.15, -0.1) is 0 Å². The highest BCUT2D eigenvalue weighted by Gasteiger charge is 2.29. The highest BCUT2D eigenvalue weighted by atomic mass is 16.5. The van der Waals surface area contributed by atoms with E-state index in [4.69, 9.17) is 4.74 Å². The fourth-order valence-electron chi connectivity index (χ4n) is 3.78. The first-order valence-electron chi connectivity index (χ1n) is 10.7. The Morgan fingerprint density at radius 3 is 2.47 bits per heavy atom. The van der Waals surface area contributed by atoms with Gasteiger partial charge >= 0.3 is 5.97 Å². The van der Waals surface area contributed by atoms with E-state index in [0.29, 0.717) is 23.8 Å². The average molecular weight is 412 g/mol. The molecular formula is C24H33N3O3. The van der Waals surface area contributed by atoms with Crippen molar-refractivity contribution in [3.05, 3.63) is 35.8 Å². The molecule has 0 radical (unpaired) electrons. The van der Waals surface area contributed by atoms with Crippen LogP contribution in [0.3, 0.4) is 0 Å². The van der Waals surface area contributed by atoms with Gasteiger partial charge in [-0.05, 0) is 37.2 Å². The summed E-state index contributed by atoms with van der Waals surface area (Å²) in [5, 5.41) is 9.52. The fourth-order valence-corrected chi connectivity index (χ4v) is 3.78. The third-order valence-corrected chi connectivity index (χ3v) is 5.74. The van der Waals surface area contributed by atoms with E-state index < -0.39 is 5.97 Å². The second kappa shape index (κ2) is 9.02. The van der Waals surface area contributed by atoms with Crippen molar-refractivity contribution < 1.29 is 14.6 Å². The number of ether oxygens (including phenoxy) is 1. The van der Waals surface area contributed by atoms with Gasteiger partial charge in [-0.3, -0.25) is 9.78 Å². The van der Waals surface area contributed by atoms with Crippen LogP contribution in [0.15, 0.2) is 24.5 Å². The van der Waals surface area contributed by atoms with E-state index in [2.05, 4.69) is 42.6 Å². The zero-order valence-corrected chi connectivity index (χ0v) is 18.7. The largest absolute Gasteiger partial charge is 0.481 e. The molecule has 0 aromatic carbocycles. The van der Waals surface area contributed by atoms with Gasteiger partial charge in [-0.25, -0.2) is 4.98 Å². The van der Waals surface area contributed by atoms with Crippen molar-refractivity contribution in [1.29, 1.82) is 0 Å². The SMILES string of the molecule is Cc1ncc(-c2ccc(OCC(C)C)nc2)c(N2CCC(C)(C)CC2)c1CC(=O)O. The highest BCUT2D eigenvalue weighted by molar-refractivity contribution is 5.84. The Balaban J connectivity index is 2.00. The Labute approximate surface area is 179 Å². The van der Waals surface area contributed by atoms with Crippen LogP contribution >= 0.6 is 0 Å². The Bertz CT molecular complexity index is 881. The van der Waals surface area contributed by atoms with Crippen LogP contribution in [0.2, 0.25) is 0 Å². The van der Waals surface area contributed by atoms with E-state index in [9.17, 15) is 9.90 Å². The zero-order chi connectivity index (χ0) is 21.9. The molecule has 6 heteroatoms. The van der Waals surface area contributed by atoms with Crippen LogP contribution in [0, 0.1) is 18.3 Å². The molecule has 1 fully saturated rings. The van der Waals surface area contributed by atoms with Crippen molar-refractivity contribution in [3.8, 4) is 17.0 Å².